The second kappa shape index (κ2) is 15.0. The SMILES string of the molecule is CCN(CC)C(CNC(=NC)NCCCOC1CCOC1)c1ccccc1.I. The molecule has 160 valence electrons. The van der Waals surface area contributed by atoms with Crippen LogP contribution < -0.4 is 10.6 Å². The van der Waals surface area contributed by atoms with Gasteiger partial charge >= 0.3 is 0 Å². The highest BCUT2D eigenvalue weighted by molar-refractivity contribution is 14.0. The first-order valence-electron chi connectivity index (χ1n) is 10.2. The van der Waals surface area contributed by atoms with Crippen molar-refractivity contribution >= 4 is 29.9 Å². The summed E-state index contributed by atoms with van der Waals surface area (Å²) in [5.74, 6) is 0.840. The second-order valence-electron chi connectivity index (χ2n) is 6.74. The summed E-state index contributed by atoms with van der Waals surface area (Å²) in [4.78, 5) is 6.82. The molecule has 2 N–H and O–H groups in total. The van der Waals surface area contributed by atoms with Gasteiger partial charge in [0.25, 0.3) is 0 Å². The molecule has 1 aliphatic rings. The zero-order valence-electron chi connectivity index (χ0n) is 17.5. The first-order chi connectivity index (χ1) is 13.3. The summed E-state index contributed by atoms with van der Waals surface area (Å²) in [7, 11) is 1.82. The predicted octanol–water partition coefficient (Wildman–Crippen LogP) is 3.05. The molecule has 0 aromatic heterocycles. The molecule has 0 saturated carbocycles. The third-order valence-electron chi connectivity index (χ3n) is 4.98. The highest BCUT2D eigenvalue weighted by Crippen LogP contribution is 2.19. The molecule has 0 aliphatic carbocycles. The Bertz CT molecular complexity index is 534. The first kappa shape index (κ1) is 25.1. The summed E-state index contributed by atoms with van der Waals surface area (Å²) in [6.07, 6.45) is 2.25. The van der Waals surface area contributed by atoms with Gasteiger partial charge in [0.2, 0.25) is 0 Å². The van der Waals surface area contributed by atoms with Crippen LogP contribution in [0.3, 0.4) is 0 Å². The Balaban J connectivity index is 0.00000392. The molecule has 0 radical (unpaired) electrons. The Labute approximate surface area is 187 Å². The van der Waals surface area contributed by atoms with E-state index in [1.54, 1.807) is 0 Å². The fourth-order valence-electron chi connectivity index (χ4n) is 3.38. The normalized spacial score (nSPS) is 18.0. The molecule has 1 fully saturated rings. The van der Waals surface area contributed by atoms with Gasteiger partial charge in [0, 0.05) is 33.4 Å². The summed E-state index contributed by atoms with van der Waals surface area (Å²) < 4.78 is 11.1. The number of nitrogens with zero attached hydrogens (tertiary/aromatic N) is 2. The van der Waals surface area contributed by atoms with Gasteiger partial charge < -0.3 is 20.1 Å². The molecule has 1 aromatic carbocycles. The summed E-state index contributed by atoms with van der Waals surface area (Å²) in [5.41, 5.74) is 1.33. The molecule has 2 atom stereocenters. The van der Waals surface area contributed by atoms with E-state index in [9.17, 15) is 0 Å². The number of likely N-dealkylation sites (N-methyl/N-ethyl adjacent to an activating group) is 1. The third-order valence-corrected chi connectivity index (χ3v) is 4.98. The van der Waals surface area contributed by atoms with Crippen LogP contribution in [-0.4, -0.2) is 70.0 Å². The lowest BCUT2D eigenvalue weighted by Gasteiger charge is -2.30. The molecule has 28 heavy (non-hydrogen) atoms. The van der Waals surface area contributed by atoms with Crippen LogP contribution >= 0.6 is 24.0 Å². The van der Waals surface area contributed by atoms with Crippen LogP contribution in [0.15, 0.2) is 35.3 Å². The summed E-state index contributed by atoms with van der Waals surface area (Å²) in [6.45, 7) is 10.4. The smallest absolute Gasteiger partial charge is 0.191 e. The van der Waals surface area contributed by atoms with Gasteiger partial charge in [-0.15, -0.1) is 24.0 Å². The van der Waals surface area contributed by atoms with E-state index in [1.807, 2.05) is 7.05 Å². The van der Waals surface area contributed by atoms with Gasteiger partial charge in [-0.2, -0.15) is 0 Å². The largest absolute Gasteiger partial charge is 0.379 e. The third kappa shape index (κ3) is 8.63. The molecular weight excluding hydrogens is 467 g/mol. The van der Waals surface area contributed by atoms with Crippen LogP contribution in [0.2, 0.25) is 0 Å². The number of ether oxygens (including phenoxy) is 2. The number of aliphatic imine (C=N–C) groups is 1. The van der Waals surface area contributed by atoms with Gasteiger partial charge in [-0.25, -0.2) is 0 Å². The van der Waals surface area contributed by atoms with E-state index >= 15 is 0 Å². The first-order valence-corrected chi connectivity index (χ1v) is 10.2. The highest BCUT2D eigenvalue weighted by atomic mass is 127. The van der Waals surface area contributed by atoms with Gasteiger partial charge in [0.15, 0.2) is 5.96 Å². The molecular formula is C21H37IN4O2. The van der Waals surface area contributed by atoms with Crippen molar-refractivity contribution in [1.29, 1.82) is 0 Å². The fourth-order valence-corrected chi connectivity index (χ4v) is 3.38. The number of benzene rings is 1. The van der Waals surface area contributed by atoms with Gasteiger partial charge in [0.1, 0.15) is 0 Å². The number of guanidine groups is 1. The predicted molar refractivity (Wildman–Crippen MR) is 127 cm³/mol. The molecule has 1 saturated heterocycles. The topological polar surface area (TPSA) is 58.1 Å². The van der Waals surface area contributed by atoms with E-state index < -0.39 is 0 Å². The zero-order valence-corrected chi connectivity index (χ0v) is 19.9. The summed E-state index contributed by atoms with van der Waals surface area (Å²) >= 11 is 0. The van der Waals surface area contributed by atoms with Gasteiger partial charge in [-0.1, -0.05) is 44.2 Å². The molecule has 0 amide bonds. The molecule has 1 heterocycles. The molecule has 1 aliphatic heterocycles. The number of nitrogens with one attached hydrogen (secondary N) is 2. The van der Waals surface area contributed by atoms with Crippen molar-refractivity contribution in [3.63, 3.8) is 0 Å². The quantitative estimate of drug-likeness (QED) is 0.210. The minimum Gasteiger partial charge on any atom is -0.379 e. The van der Waals surface area contributed by atoms with Crippen molar-refractivity contribution < 1.29 is 9.47 Å². The number of hydrogen-bond donors (Lipinski definition) is 2. The van der Waals surface area contributed by atoms with Crippen molar-refractivity contribution in [1.82, 2.24) is 15.5 Å². The number of rotatable bonds is 11. The molecule has 7 heteroatoms. The molecule has 2 unspecified atom stereocenters. The summed E-state index contributed by atoms with van der Waals surface area (Å²) in [6, 6.07) is 11.0. The Morgan fingerprint density at radius 2 is 2.00 bits per heavy atom. The average molecular weight is 504 g/mol. The van der Waals surface area contributed by atoms with E-state index in [0.717, 1.165) is 64.8 Å². The maximum atomic E-state index is 5.80. The molecule has 6 nitrogen and oxygen atoms in total. The lowest BCUT2D eigenvalue weighted by atomic mass is 10.1. The van der Waals surface area contributed by atoms with Crippen molar-refractivity contribution in [2.24, 2.45) is 4.99 Å². The Kier molecular flexibility index (Phi) is 13.5. The Morgan fingerprint density at radius 1 is 1.25 bits per heavy atom. The molecule has 2 rings (SSSR count). The standard InChI is InChI=1S/C21H36N4O2.HI/c1-4-25(5-2)20(18-10-7-6-8-11-18)16-24-21(22-3)23-13-9-14-27-19-12-15-26-17-19;/h6-8,10-11,19-20H,4-5,9,12-17H2,1-3H3,(H2,22,23,24);1H. The highest BCUT2D eigenvalue weighted by Gasteiger charge is 2.18. The second-order valence-corrected chi connectivity index (χ2v) is 6.74. The minimum absolute atomic E-state index is 0. The maximum Gasteiger partial charge on any atom is 0.191 e. The van der Waals surface area contributed by atoms with Crippen LogP contribution in [0.1, 0.15) is 38.3 Å². The van der Waals surface area contributed by atoms with Crippen molar-refractivity contribution in [2.75, 3.05) is 53.0 Å². The Hall–Kier alpha value is -0.900. The average Bonchev–Trinajstić information content (AvgIpc) is 3.23. The van der Waals surface area contributed by atoms with E-state index in [1.165, 1.54) is 5.56 Å². The Morgan fingerprint density at radius 3 is 2.61 bits per heavy atom. The van der Waals surface area contributed by atoms with Crippen LogP contribution in [0, 0.1) is 0 Å². The van der Waals surface area contributed by atoms with Crippen LogP contribution in [0.25, 0.3) is 0 Å². The monoisotopic (exact) mass is 504 g/mol. The van der Waals surface area contributed by atoms with Crippen LogP contribution in [0.4, 0.5) is 0 Å². The van der Waals surface area contributed by atoms with Crippen LogP contribution in [-0.2, 0) is 9.47 Å². The maximum absolute atomic E-state index is 5.80. The fraction of sp³-hybridized carbons (Fsp3) is 0.667. The molecule has 0 bridgehead atoms. The number of hydrogen-bond acceptors (Lipinski definition) is 4. The lowest BCUT2D eigenvalue weighted by Crippen LogP contribution is -2.43. The van der Waals surface area contributed by atoms with Crippen molar-refractivity contribution in [3.8, 4) is 0 Å². The molecule has 0 spiro atoms. The van der Waals surface area contributed by atoms with Crippen molar-refractivity contribution in [2.45, 2.75) is 38.8 Å². The van der Waals surface area contributed by atoms with Gasteiger partial charge in [-0.05, 0) is 31.5 Å². The van der Waals surface area contributed by atoms with E-state index in [4.69, 9.17) is 9.47 Å². The van der Waals surface area contributed by atoms with E-state index in [-0.39, 0.29) is 30.1 Å². The summed E-state index contributed by atoms with van der Waals surface area (Å²) in [5, 5.41) is 6.87. The van der Waals surface area contributed by atoms with Gasteiger partial charge in [0.05, 0.1) is 18.8 Å². The molecule has 1 aromatic rings. The number of halogens is 1. The van der Waals surface area contributed by atoms with Crippen molar-refractivity contribution in [3.05, 3.63) is 35.9 Å². The van der Waals surface area contributed by atoms with Crippen LogP contribution in [0.5, 0.6) is 0 Å². The zero-order chi connectivity index (χ0) is 19.3. The van der Waals surface area contributed by atoms with E-state index in [0.29, 0.717) is 6.04 Å². The van der Waals surface area contributed by atoms with Gasteiger partial charge in [-0.3, -0.25) is 9.89 Å². The lowest BCUT2D eigenvalue weighted by molar-refractivity contribution is 0.0420. The van der Waals surface area contributed by atoms with E-state index in [2.05, 4.69) is 64.7 Å². The minimum atomic E-state index is 0.